The predicted octanol–water partition coefficient (Wildman–Crippen LogP) is 0.957. The second kappa shape index (κ2) is 7.43. The zero-order chi connectivity index (χ0) is 18.6. The molecular formula is C17H18NO6S-. The minimum Gasteiger partial charge on any atom is -0.548 e. The van der Waals surface area contributed by atoms with Crippen molar-refractivity contribution in [1.29, 1.82) is 0 Å². The summed E-state index contributed by atoms with van der Waals surface area (Å²) < 4.78 is 36.9. The van der Waals surface area contributed by atoms with Gasteiger partial charge in [-0.25, -0.2) is 8.42 Å². The van der Waals surface area contributed by atoms with Crippen LogP contribution in [-0.4, -0.2) is 35.2 Å². The first kappa shape index (κ1) is 18.6. The Morgan fingerprint density at radius 1 is 1.04 bits per heavy atom. The molecule has 0 aliphatic rings. The van der Waals surface area contributed by atoms with Crippen LogP contribution in [0.25, 0.3) is 0 Å². The van der Waals surface area contributed by atoms with Crippen LogP contribution in [0.1, 0.15) is 5.56 Å². The molecule has 0 aromatic heterocycles. The SMILES string of the molecule is COc1ccc(S(=O)(=O)N(CC(=O)[O-])c2ccc(C)cc2)cc1OC. The summed E-state index contributed by atoms with van der Waals surface area (Å²) in [6.07, 6.45) is 0. The van der Waals surface area contributed by atoms with Crippen LogP contribution in [-0.2, 0) is 14.8 Å². The van der Waals surface area contributed by atoms with E-state index >= 15 is 0 Å². The fourth-order valence-corrected chi connectivity index (χ4v) is 3.67. The zero-order valence-corrected chi connectivity index (χ0v) is 14.9. The number of benzene rings is 2. The quantitative estimate of drug-likeness (QED) is 0.726. The van der Waals surface area contributed by atoms with Crippen LogP contribution in [0.3, 0.4) is 0 Å². The Morgan fingerprint density at radius 2 is 1.64 bits per heavy atom. The van der Waals surface area contributed by atoms with E-state index in [4.69, 9.17) is 9.47 Å². The third-order valence-electron chi connectivity index (χ3n) is 3.54. The number of carbonyl (C=O) groups excluding carboxylic acids is 1. The summed E-state index contributed by atoms with van der Waals surface area (Å²) in [7, 11) is -1.33. The van der Waals surface area contributed by atoms with Crippen molar-refractivity contribution in [2.24, 2.45) is 0 Å². The third kappa shape index (κ3) is 4.03. The molecule has 0 heterocycles. The first-order valence-corrected chi connectivity index (χ1v) is 8.75. The summed E-state index contributed by atoms with van der Waals surface area (Å²) in [6, 6.07) is 10.5. The molecule has 0 fully saturated rings. The lowest BCUT2D eigenvalue weighted by Gasteiger charge is -2.25. The molecule has 25 heavy (non-hydrogen) atoms. The Kier molecular flexibility index (Phi) is 5.53. The second-order valence-electron chi connectivity index (χ2n) is 5.24. The van der Waals surface area contributed by atoms with Crippen molar-refractivity contribution in [3.8, 4) is 11.5 Å². The highest BCUT2D eigenvalue weighted by Crippen LogP contribution is 2.32. The number of hydrogen-bond acceptors (Lipinski definition) is 6. The van der Waals surface area contributed by atoms with Gasteiger partial charge in [-0.15, -0.1) is 0 Å². The Balaban J connectivity index is 2.55. The topological polar surface area (TPSA) is 96.0 Å². The molecule has 134 valence electrons. The number of aliphatic carboxylic acids is 1. The van der Waals surface area contributed by atoms with Gasteiger partial charge in [-0.05, 0) is 31.2 Å². The van der Waals surface area contributed by atoms with Gasteiger partial charge >= 0.3 is 0 Å². The molecule has 0 aliphatic heterocycles. The molecule has 8 heteroatoms. The lowest BCUT2D eigenvalue weighted by Crippen LogP contribution is -2.41. The smallest absolute Gasteiger partial charge is 0.264 e. The number of ether oxygens (including phenoxy) is 2. The van der Waals surface area contributed by atoms with Gasteiger partial charge in [-0.3, -0.25) is 4.31 Å². The van der Waals surface area contributed by atoms with Crippen LogP contribution < -0.4 is 18.9 Å². The average molecular weight is 364 g/mol. The van der Waals surface area contributed by atoms with E-state index in [0.717, 1.165) is 9.87 Å². The summed E-state index contributed by atoms with van der Waals surface area (Å²) in [4.78, 5) is 11.0. The summed E-state index contributed by atoms with van der Waals surface area (Å²) in [5.41, 5.74) is 1.14. The number of hydrogen-bond donors (Lipinski definition) is 0. The predicted molar refractivity (Wildman–Crippen MR) is 90.3 cm³/mol. The number of carboxylic acids is 1. The normalized spacial score (nSPS) is 11.0. The van der Waals surface area contributed by atoms with Gasteiger partial charge in [-0.1, -0.05) is 17.7 Å². The van der Waals surface area contributed by atoms with Gasteiger partial charge < -0.3 is 19.4 Å². The maximum absolute atomic E-state index is 13.0. The molecule has 0 unspecified atom stereocenters. The summed E-state index contributed by atoms with van der Waals surface area (Å²) in [5.74, 6) is -0.922. The average Bonchev–Trinajstić information content (AvgIpc) is 2.59. The van der Waals surface area contributed by atoms with Gasteiger partial charge in [0.05, 0.1) is 37.3 Å². The fraction of sp³-hybridized carbons (Fsp3) is 0.235. The molecule has 0 saturated heterocycles. The van der Waals surface area contributed by atoms with E-state index in [1.807, 2.05) is 6.92 Å². The van der Waals surface area contributed by atoms with Crippen LogP contribution >= 0.6 is 0 Å². The molecule has 0 saturated carbocycles. The van der Waals surface area contributed by atoms with Crippen molar-refractivity contribution in [3.63, 3.8) is 0 Å². The fourth-order valence-electron chi connectivity index (χ4n) is 2.25. The molecule has 0 bridgehead atoms. The van der Waals surface area contributed by atoms with Crippen molar-refractivity contribution in [3.05, 3.63) is 48.0 Å². The Bertz CT molecular complexity index is 861. The van der Waals surface area contributed by atoms with Gasteiger partial charge in [0.25, 0.3) is 10.0 Å². The number of methoxy groups -OCH3 is 2. The standard InChI is InChI=1S/C17H19NO6S/c1-12-4-6-13(7-5-12)18(11-17(19)20)25(21,22)14-8-9-15(23-2)16(10-14)24-3/h4-10H,11H2,1-3H3,(H,19,20)/p-1. The molecule has 0 aliphatic carbocycles. The lowest BCUT2D eigenvalue weighted by atomic mass is 10.2. The van der Waals surface area contributed by atoms with Gasteiger partial charge in [0.2, 0.25) is 0 Å². The maximum Gasteiger partial charge on any atom is 0.264 e. The van der Waals surface area contributed by atoms with Crippen molar-refractivity contribution in [2.45, 2.75) is 11.8 Å². The zero-order valence-electron chi connectivity index (χ0n) is 14.1. The van der Waals surface area contributed by atoms with E-state index < -0.39 is 22.5 Å². The van der Waals surface area contributed by atoms with E-state index in [1.165, 1.54) is 44.6 Å². The van der Waals surface area contributed by atoms with Crippen molar-refractivity contribution in [2.75, 3.05) is 25.1 Å². The molecule has 0 N–H and O–H groups in total. The van der Waals surface area contributed by atoms with Gasteiger partial charge in [0.1, 0.15) is 0 Å². The minimum atomic E-state index is -4.14. The Morgan fingerprint density at radius 3 is 2.16 bits per heavy atom. The number of carbonyl (C=O) groups is 1. The number of rotatable bonds is 7. The molecule has 2 aromatic carbocycles. The molecule has 0 atom stereocenters. The molecule has 0 radical (unpaired) electrons. The number of carboxylic acid groups (broad SMARTS) is 1. The maximum atomic E-state index is 13.0. The monoisotopic (exact) mass is 364 g/mol. The largest absolute Gasteiger partial charge is 0.548 e. The first-order valence-electron chi connectivity index (χ1n) is 7.31. The first-order chi connectivity index (χ1) is 11.8. The van der Waals surface area contributed by atoms with Crippen molar-refractivity contribution in [1.82, 2.24) is 0 Å². The second-order valence-corrected chi connectivity index (χ2v) is 7.10. The summed E-state index contributed by atoms with van der Waals surface area (Å²) >= 11 is 0. The molecule has 7 nitrogen and oxygen atoms in total. The highest BCUT2D eigenvalue weighted by atomic mass is 32.2. The van der Waals surface area contributed by atoms with E-state index in [2.05, 4.69) is 0 Å². The Labute approximate surface area is 146 Å². The highest BCUT2D eigenvalue weighted by molar-refractivity contribution is 7.92. The van der Waals surface area contributed by atoms with E-state index in [-0.39, 0.29) is 16.3 Å². The van der Waals surface area contributed by atoms with Crippen molar-refractivity contribution >= 4 is 21.7 Å². The summed E-state index contributed by atoms with van der Waals surface area (Å²) in [6.45, 7) is 1.04. The molecule has 2 aromatic rings. The highest BCUT2D eigenvalue weighted by Gasteiger charge is 2.26. The molecular weight excluding hydrogens is 346 g/mol. The number of anilines is 1. The minimum absolute atomic E-state index is 0.119. The molecule has 0 amide bonds. The molecule has 0 spiro atoms. The third-order valence-corrected chi connectivity index (χ3v) is 5.31. The Hall–Kier alpha value is -2.74. The van der Waals surface area contributed by atoms with Gasteiger partial charge in [0.15, 0.2) is 11.5 Å². The van der Waals surface area contributed by atoms with Crippen LogP contribution in [0, 0.1) is 6.92 Å². The van der Waals surface area contributed by atoms with Crippen LogP contribution in [0.15, 0.2) is 47.4 Å². The van der Waals surface area contributed by atoms with Crippen molar-refractivity contribution < 1.29 is 27.8 Å². The van der Waals surface area contributed by atoms with E-state index in [0.29, 0.717) is 5.75 Å². The van der Waals surface area contributed by atoms with Gasteiger partial charge in [0, 0.05) is 6.07 Å². The van der Waals surface area contributed by atoms with E-state index in [9.17, 15) is 18.3 Å². The van der Waals surface area contributed by atoms with Crippen LogP contribution in [0.5, 0.6) is 11.5 Å². The summed E-state index contributed by atoms with van der Waals surface area (Å²) in [5, 5.41) is 11.1. The van der Waals surface area contributed by atoms with Crippen LogP contribution in [0.2, 0.25) is 0 Å². The number of nitrogens with zero attached hydrogens (tertiary/aromatic N) is 1. The van der Waals surface area contributed by atoms with Crippen LogP contribution in [0.4, 0.5) is 5.69 Å². The van der Waals surface area contributed by atoms with E-state index in [1.54, 1.807) is 12.1 Å². The lowest BCUT2D eigenvalue weighted by molar-refractivity contribution is -0.303. The van der Waals surface area contributed by atoms with Gasteiger partial charge in [-0.2, -0.15) is 0 Å². The molecule has 2 rings (SSSR count). The number of sulfonamides is 1. The number of aryl methyl sites for hydroxylation is 1.